The van der Waals surface area contributed by atoms with Gasteiger partial charge in [0, 0.05) is 31.3 Å². The van der Waals surface area contributed by atoms with Gasteiger partial charge in [-0.1, -0.05) is 75.7 Å². The number of ether oxygens (including phenoxy) is 3. The molecule has 0 saturated carbocycles. The first kappa shape index (κ1) is 42.1. The number of rotatable bonds is 9. The van der Waals surface area contributed by atoms with Crippen molar-refractivity contribution in [3.63, 3.8) is 0 Å². The van der Waals surface area contributed by atoms with Gasteiger partial charge in [-0.25, -0.2) is 9.59 Å². The minimum Gasteiger partial charge on any atom is -0.495 e. The molecule has 2 aliphatic rings. The van der Waals surface area contributed by atoms with E-state index in [0.717, 1.165) is 11.1 Å². The lowest BCUT2D eigenvalue weighted by Crippen LogP contribution is -2.58. The van der Waals surface area contributed by atoms with Gasteiger partial charge < -0.3 is 40.6 Å². The number of hydrogen-bond donors (Lipinski definition) is 5. The monoisotopic (exact) mass is 768 g/mol. The Labute approximate surface area is 321 Å². The van der Waals surface area contributed by atoms with Crippen LogP contribution in [0.15, 0.2) is 54.6 Å². The average molecular weight is 769 g/mol. The van der Waals surface area contributed by atoms with Crippen LogP contribution < -0.4 is 26.0 Å². The van der Waals surface area contributed by atoms with Crippen molar-refractivity contribution < 1.29 is 43.3 Å². The number of epoxide rings is 1. The van der Waals surface area contributed by atoms with Crippen molar-refractivity contribution in [2.45, 2.75) is 111 Å². The lowest BCUT2D eigenvalue weighted by atomic mass is 9.82. The van der Waals surface area contributed by atoms with Crippen molar-refractivity contribution in [3.05, 3.63) is 76.3 Å². The third kappa shape index (κ3) is 11.4. The van der Waals surface area contributed by atoms with Gasteiger partial charge in [0.15, 0.2) is 0 Å². The second-order valence-corrected chi connectivity index (χ2v) is 16.3. The number of benzene rings is 2. The summed E-state index contributed by atoms with van der Waals surface area (Å²) in [6.45, 7) is 13.0. The maximum atomic E-state index is 14.0. The third-order valence-corrected chi connectivity index (χ3v) is 10.3. The van der Waals surface area contributed by atoms with Gasteiger partial charge in [0.05, 0.1) is 23.7 Å². The molecule has 2 heterocycles. The summed E-state index contributed by atoms with van der Waals surface area (Å²) in [5.74, 6) is -1.96. The van der Waals surface area contributed by atoms with Crippen molar-refractivity contribution in [1.82, 2.24) is 21.3 Å². The molecular formula is C40H53ClN4O9. The number of carbonyl (C=O) groups is 5. The number of esters is 1. The molecule has 1 fully saturated rings. The Morgan fingerprint density at radius 1 is 1.04 bits per heavy atom. The summed E-state index contributed by atoms with van der Waals surface area (Å²) in [5.41, 5.74) is 0.813. The summed E-state index contributed by atoms with van der Waals surface area (Å²) in [6, 6.07) is 9.77. The van der Waals surface area contributed by atoms with Gasteiger partial charge in [-0.15, -0.1) is 0 Å². The lowest BCUT2D eigenvalue weighted by molar-refractivity contribution is -0.157. The number of nitrogens with one attached hydrogen (secondary N) is 4. The first-order valence-corrected chi connectivity index (χ1v) is 18.5. The van der Waals surface area contributed by atoms with Gasteiger partial charge in [-0.3, -0.25) is 14.4 Å². The number of methoxy groups -OCH3 is 1. The van der Waals surface area contributed by atoms with E-state index in [1.54, 1.807) is 45.0 Å². The van der Waals surface area contributed by atoms with Crippen LogP contribution in [-0.2, 0) is 41.6 Å². The fraction of sp³-hybridized carbons (Fsp3) is 0.525. The molecular weight excluding hydrogens is 716 g/mol. The second-order valence-electron chi connectivity index (χ2n) is 15.9. The van der Waals surface area contributed by atoms with E-state index < -0.39 is 59.4 Å². The van der Waals surface area contributed by atoms with Gasteiger partial charge in [-0.2, -0.15) is 0 Å². The molecule has 13 nitrogen and oxygen atoms in total. The zero-order chi connectivity index (χ0) is 40.0. The molecule has 0 spiro atoms. The third-order valence-electron chi connectivity index (χ3n) is 10.0. The van der Waals surface area contributed by atoms with E-state index in [0.29, 0.717) is 16.3 Å². The van der Waals surface area contributed by atoms with Crippen molar-refractivity contribution in [2.24, 2.45) is 16.7 Å². The fourth-order valence-corrected chi connectivity index (χ4v) is 6.54. The summed E-state index contributed by atoms with van der Waals surface area (Å²) in [7, 11) is 1.50. The van der Waals surface area contributed by atoms with Crippen LogP contribution in [0.2, 0.25) is 5.02 Å². The molecule has 2 aromatic carbocycles. The molecule has 5 N–H and O–H groups in total. The molecule has 7 atom stereocenters. The minimum absolute atomic E-state index is 0.108. The molecule has 1 saturated heterocycles. The standard InChI is InChI=1S/C40H53ClN4O9/c1-22(33-34(54-33)26-15-12-24(13-16-26)21-42-38(50)51)30-10-9-11-32(46)44-28(19-25-14-17-31(52-8)27(41)18-25)35(47)43-23(2)40(6,7)37(49)45-29(36(48)53-30)20-39(3,4)5/h9,11-18,22-23,28-30,33-34,42H,10,19-21H2,1-8H3,(H,43,47)(H,44,46)(H,45,49)(H,50,51)/t22-,23-,28+,29-,30-,33+,34+/m0/s1. The van der Waals surface area contributed by atoms with E-state index in [4.69, 9.17) is 30.9 Å². The van der Waals surface area contributed by atoms with Crippen LogP contribution in [0.1, 0.15) is 84.1 Å². The predicted molar refractivity (Wildman–Crippen MR) is 203 cm³/mol. The Bertz CT molecular complexity index is 1720. The molecule has 0 unspecified atom stereocenters. The van der Waals surface area contributed by atoms with Crippen molar-refractivity contribution in [3.8, 4) is 5.75 Å². The summed E-state index contributed by atoms with van der Waals surface area (Å²) in [4.78, 5) is 65.9. The zero-order valence-corrected chi connectivity index (χ0v) is 32.9. The van der Waals surface area contributed by atoms with E-state index in [1.165, 1.54) is 13.2 Å². The number of halogens is 1. The molecule has 0 radical (unpaired) electrons. The molecule has 0 aliphatic carbocycles. The smallest absolute Gasteiger partial charge is 0.404 e. The molecule has 0 aromatic heterocycles. The number of carbonyl (C=O) groups excluding carboxylic acids is 4. The molecule has 4 rings (SSSR count). The molecule has 14 heteroatoms. The predicted octanol–water partition coefficient (Wildman–Crippen LogP) is 5.24. The van der Waals surface area contributed by atoms with E-state index in [9.17, 15) is 24.0 Å². The summed E-state index contributed by atoms with van der Waals surface area (Å²) in [6.07, 6.45) is 0.997. The quantitative estimate of drug-likeness (QED) is 0.168. The van der Waals surface area contributed by atoms with Gasteiger partial charge >= 0.3 is 12.1 Å². The van der Waals surface area contributed by atoms with Crippen LogP contribution in [0, 0.1) is 16.7 Å². The van der Waals surface area contributed by atoms with Crippen LogP contribution in [-0.4, -0.2) is 72.3 Å². The number of amides is 4. The van der Waals surface area contributed by atoms with E-state index in [2.05, 4.69) is 21.3 Å². The summed E-state index contributed by atoms with van der Waals surface area (Å²) >= 11 is 6.36. The van der Waals surface area contributed by atoms with Crippen LogP contribution in [0.4, 0.5) is 4.79 Å². The van der Waals surface area contributed by atoms with Crippen molar-refractivity contribution in [1.29, 1.82) is 0 Å². The van der Waals surface area contributed by atoms with Gasteiger partial charge in [0.1, 0.15) is 30.0 Å². The molecule has 4 amide bonds. The fourth-order valence-electron chi connectivity index (χ4n) is 6.26. The summed E-state index contributed by atoms with van der Waals surface area (Å²) in [5, 5.41) is 20.2. The van der Waals surface area contributed by atoms with E-state index in [-0.39, 0.29) is 49.3 Å². The van der Waals surface area contributed by atoms with Crippen molar-refractivity contribution >= 4 is 41.4 Å². The minimum atomic E-state index is -1.18. The molecule has 54 heavy (non-hydrogen) atoms. The molecule has 2 aromatic rings. The Balaban J connectivity index is 1.63. The molecule has 2 aliphatic heterocycles. The van der Waals surface area contributed by atoms with Crippen molar-refractivity contribution in [2.75, 3.05) is 7.11 Å². The highest BCUT2D eigenvalue weighted by molar-refractivity contribution is 6.32. The molecule has 294 valence electrons. The highest BCUT2D eigenvalue weighted by Gasteiger charge is 2.48. The Morgan fingerprint density at radius 2 is 1.70 bits per heavy atom. The van der Waals surface area contributed by atoms with Gasteiger partial charge in [0.2, 0.25) is 17.7 Å². The topological polar surface area (TPSA) is 185 Å². The first-order chi connectivity index (χ1) is 25.3. The largest absolute Gasteiger partial charge is 0.495 e. The normalized spacial score (nSPS) is 25.7. The SMILES string of the molecule is COc1ccc(C[C@H]2NC(=O)C=CC[C@@H]([C@H](C)[C@H]3O[C@@H]3c3ccc(CNC(=O)O)cc3)OC(=O)[C@H](CC(C)(C)C)NC(=O)C(C)(C)[C@H](C)NC2=O)cc1Cl. The van der Waals surface area contributed by atoms with Crippen LogP contribution in [0.3, 0.4) is 0 Å². The Hall–Kier alpha value is -4.62. The van der Waals surface area contributed by atoms with E-state index in [1.807, 2.05) is 52.0 Å². The highest BCUT2D eigenvalue weighted by atomic mass is 35.5. The maximum Gasteiger partial charge on any atom is 0.404 e. The zero-order valence-electron chi connectivity index (χ0n) is 32.2. The average Bonchev–Trinajstić information content (AvgIpc) is 3.89. The Kier molecular flexibility index (Phi) is 13.8. The van der Waals surface area contributed by atoms with Gasteiger partial charge in [-0.05, 0) is 67.5 Å². The van der Waals surface area contributed by atoms with Crippen LogP contribution in [0.25, 0.3) is 0 Å². The van der Waals surface area contributed by atoms with Crippen LogP contribution in [0.5, 0.6) is 5.75 Å². The lowest BCUT2D eigenvalue weighted by Gasteiger charge is -2.35. The van der Waals surface area contributed by atoms with Crippen LogP contribution >= 0.6 is 11.6 Å². The Morgan fingerprint density at radius 3 is 2.31 bits per heavy atom. The molecule has 0 bridgehead atoms. The van der Waals surface area contributed by atoms with Gasteiger partial charge in [0.25, 0.3) is 0 Å². The van der Waals surface area contributed by atoms with E-state index >= 15 is 0 Å². The number of cyclic esters (lactones) is 1. The maximum absolute atomic E-state index is 14.0. The number of hydrogen-bond acceptors (Lipinski definition) is 8. The summed E-state index contributed by atoms with van der Waals surface area (Å²) < 4.78 is 17.5. The second kappa shape index (κ2) is 17.7. The number of carboxylic acid groups (broad SMARTS) is 1. The first-order valence-electron chi connectivity index (χ1n) is 18.1. The highest BCUT2D eigenvalue weighted by Crippen LogP contribution is 2.45.